The highest BCUT2D eigenvalue weighted by molar-refractivity contribution is 5.39. The number of nitrogens with zero attached hydrogens (tertiary/aromatic N) is 1. The van der Waals surface area contributed by atoms with Gasteiger partial charge in [-0.15, -0.1) is 0 Å². The first-order chi connectivity index (χ1) is 8.65. The monoisotopic (exact) mass is 248 g/mol. The van der Waals surface area contributed by atoms with Crippen LogP contribution in [0, 0.1) is 12.8 Å². The van der Waals surface area contributed by atoms with E-state index in [4.69, 9.17) is 10.5 Å². The van der Waals surface area contributed by atoms with Crippen LogP contribution in [0.2, 0.25) is 0 Å². The molecule has 3 nitrogen and oxygen atoms in total. The Morgan fingerprint density at radius 3 is 2.72 bits per heavy atom. The molecule has 2 rings (SSSR count). The van der Waals surface area contributed by atoms with Gasteiger partial charge in [0.2, 0.25) is 0 Å². The van der Waals surface area contributed by atoms with Crippen LogP contribution >= 0.6 is 0 Å². The molecule has 1 fully saturated rings. The van der Waals surface area contributed by atoms with Crippen LogP contribution in [0.4, 0.5) is 0 Å². The quantitative estimate of drug-likeness (QED) is 0.840. The average molecular weight is 248 g/mol. The molecule has 2 N–H and O–H groups in total. The van der Waals surface area contributed by atoms with E-state index in [2.05, 4.69) is 31.0 Å². The maximum Gasteiger partial charge on any atom is 0.123 e. The first kappa shape index (κ1) is 13.4. The number of rotatable bonds is 6. The zero-order valence-corrected chi connectivity index (χ0v) is 11.6. The Morgan fingerprint density at radius 1 is 1.44 bits per heavy atom. The van der Waals surface area contributed by atoms with Crippen LogP contribution in [0.5, 0.6) is 5.75 Å². The topological polar surface area (TPSA) is 38.5 Å². The van der Waals surface area contributed by atoms with Crippen molar-refractivity contribution in [1.29, 1.82) is 0 Å². The van der Waals surface area contributed by atoms with Gasteiger partial charge < -0.3 is 10.5 Å². The van der Waals surface area contributed by atoms with Gasteiger partial charge in [-0.2, -0.15) is 0 Å². The first-order valence-electron chi connectivity index (χ1n) is 6.70. The molecule has 1 aliphatic carbocycles. The lowest BCUT2D eigenvalue weighted by molar-refractivity contribution is 0.235. The van der Waals surface area contributed by atoms with E-state index in [1.165, 1.54) is 24.0 Å². The lowest BCUT2D eigenvalue weighted by atomic mass is 10.0. The minimum atomic E-state index is 0.250. The van der Waals surface area contributed by atoms with Crippen molar-refractivity contribution in [2.45, 2.75) is 25.8 Å². The number of nitrogens with two attached hydrogens (primary N) is 1. The minimum Gasteiger partial charge on any atom is -0.496 e. The van der Waals surface area contributed by atoms with Crippen molar-refractivity contribution >= 4 is 0 Å². The normalized spacial score (nSPS) is 16.9. The molecule has 0 saturated heterocycles. The summed E-state index contributed by atoms with van der Waals surface area (Å²) < 4.78 is 5.47. The van der Waals surface area contributed by atoms with Gasteiger partial charge in [0, 0.05) is 18.7 Å². The van der Waals surface area contributed by atoms with Crippen LogP contribution in [0.25, 0.3) is 0 Å². The molecule has 0 amide bonds. The van der Waals surface area contributed by atoms with E-state index in [0.717, 1.165) is 18.2 Å². The summed E-state index contributed by atoms with van der Waals surface area (Å²) in [5.41, 5.74) is 8.44. The summed E-state index contributed by atoms with van der Waals surface area (Å²) >= 11 is 0. The van der Waals surface area contributed by atoms with E-state index in [1.54, 1.807) is 7.11 Å². The minimum absolute atomic E-state index is 0.250. The Bertz CT molecular complexity index is 401. The molecule has 3 heteroatoms. The number of aryl methyl sites for hydroxylation is 1. The van der Waals surface area contributed by atoms with E-state index >= 15 is 0 Å². The van der Waals surface area contributed by atoms with Crippen molar-refractivity contribution in [1.82, 2.24) is 4.90 Å². The molecular formula is C15H24N2O. The van der Waals surface area contributed by atoms with E-state index in [0.29, 0.717) is 6.54 Å². The maximum absolute atomic E-state index is 5.98. The highest BCUT2D eigenvalue weighted by Gasteiger charge is 2.27. The number of likely N-dealkylation sites (N-methyl/N-ethyl adjacent to an activating group) is 1. The van der Waals surface area contributed by atoms with E-state index < -0.39 is 0 Å². The second-order valence-corrected chi connectivity index (χ2v) is 5.38. The van der Waals surface area contributed by atoms with Gasteiger partial charge in [0.05, 0.1) is 13.2 Å². The second-order valence-electron chi connectivity index (χ2n) is 5.38. The molecule has 1 atom stereocenters. The predicted molar refractivity (Wildman–Crippen MR) is 74.9 cm³/mol. The van der Waals surface area contributed by atoms with Gasteiger partial charge in [-0.05, 0) is 38.8 Å². The number of methoxy groups -OCH3 is 1. The van der Waals surface area contributed by atoms with Gasteiger partial charge in [0.25, 0.3) is 0 Å². The highest BCUT2D eigenvalue weighted by Crippen LogP contribution is 2.34. The van der Waals surface area contributed by atoms with E-state index in [-0.39, 0.29) is 6.04 Å². The summed E-state index contributed by atoms with van der Waals surface area (Å²) in [6.07, 6.45) is 2.74. The molecule has 0 aromatic heterocycles. The van der Waals surface area contributed by atoms with Crippen molar-refractivity contribution in [3.8, 4) is 5.75 Å². The van der Waals surface area contributed by atoms with Gasteiger partial charge in [0.1, 0.15) is 5.75 Å². The number of hydrogen-bond acceptors (Lipinski definition) is 3. The molecule has 0 aliphatic heterocycles. The van der Waals surface area contributed by atoms with Crippen molar-refractivity contribution in [2.75, 3.05) is 27.2 Å². The molecule has 18 heavy (non-hydrogen) atoms. The van der Waals surface area contributed by atoms with Gasteiger partial charge in [-0.25, -0.2) is 0 Å². The fourth-order valence-electron chi connectivity index (χ4n) is 2.49. The SMILES string of the molecule is COc1ccc(C)cc1C(CN)N(C)CC1CC1. The molecule has 1 unspecified atom stereocenters. The van der Waals surface area contributed by atoms with Crippen LogP contribution in [0.15, 0.2) is 18.2 Å². The van der Waals surface area contributed by atoms with Crippen LogP contribution in [-0.4, -0.2) is 32.1 Å². The first-order valence-corrected chi connectivity index (χ1v) is 6.70. The lowest BCUT2D eigenvalue weighted by Gasteiger charge is -2.28. The molecule has 100 valence electrons. The fourth-order valence-corrected chi connectivity index (χ4v) is 2.49. The summed E-state index contributed by atoms with van der Waals surface area (Å²) in [7, 11) is 3.89. The van der Waals surface area contributed by atoms with Crippen LogP contribution in [-0.2, 0) is 0 Å². The Kier molecular flexibility index (Phi) is 4.25. The van der Waals surface area contributed by atoms with Crippen LogP contribution < -0.4 is 10.5 Å². The summed E-state index contributed by atoms with van der Waals surface area (Å²) in [6.45, 7) is 3.87. The van der Waals surface area contributed by atoms with Crippen molar-refractivity contribution < 1.29 is 4.74 Å². The molecular weight excluding hydrogens is 224 g/mol. The lowest BCUT2D eigenvalue weighted by Crippen LogP contribution is -2.32. The Morgan fingerprint density at radius 2 is 2.17 bits per heavy atom. The number of benzene rings is 1. The largest absolute Gasteiger partial charge is 0.496 e. The number of ether oxygens (including phenoxy) is 1. The third kappa shape index (κ3) is 3.03. The summed E-state index contributed by atoms with van der Waals surface area (Å²) in [6, 6.07) is 6.56. The molecule has 0 heterocycles. The van der Waals surface area contributed by atoms with E-state index in [9.17, 15) is 0 Å². The van der Waals surface area contributed by atoms with Crippen LogP contribution in [0.3, 0.4) is 0 Å². The van der Waals surface area contributed by atoms with Crippen molar-refractivity contribution in [3.05, 3.63) is 29.3 Å². The summed E-state index contributed by atoms with van der Waals surface area (Å²) in [4.78, 5) is 2.37. The highest BCUT2D eigenvalue weighted by atomic mass is 16.5. The fraction of sp³-hybridized carbons (Fsp3) is 0.600. The van der Waals surface area contributed by atoms with Gasteiger partial charge in [-0.1, -0.05) is 17.7 Å². The summed E-state index contributed by atoms with van der Waals surface area (Å²) in [5, 5.41) is 0. The third-order valence-corrected chi connectivity index (χ3v) is 3.74. The van der Waals surface area contributed by atoms with Gasteiger partial charge in [-0.3, -0.25) is 4.90 Å². The Labute approximate surface area is 110 Å². The van der Waals surface area contributed by atoms with Crippen molar-refractivity contribution in [2.24, 2.45) is 11.7 Å². The zero-order chi connectivity index (χ0) is 13.1. The molecule has 0 spiro atoms. The third-order valence-electron chi connectivity index (χ3n) is 3.74. The zero-order valence-electron chi connectivity index (χ0n) is 11.6. The molecule has 1 aromatic rings. The standard InChI is InChI=1S/C15H24N2O/c1-11-4-7-15(18-3)13(8-11)14(9-16)17(2)10-12-5-6-12/h4,7-8,12,14H,5-6,9-10,16H2,1-3H3. The van der Waals surface area contributed by atoms with Crippen molar-refractivity contribution in [3.63, 3.8) is 0 Å². The summed E-state index contributed by atoms with van der Waals surface area (Å²) in [5.74, 6) is 1.82. The predicted octanol–water partition coefficient (Wildman–Crippen LogP) is 2.35. The van der Waals surface area contributed by atoms with Gasteiger partial charge >= 0.3 is 0 Å². The Balaban J connectivity index is 2.21. The van der Waals surface area contributed by atoms with Gasteiger partial charge in [0.15, 0.2) is 0 Å². The molecule has 1 aliphatic rings. The molecule has 1 aromatic carbocycles. The van der Waals surface area contributed by atoms with E-state index in [1.807, 2.05) is 6.07 Å². The molecule has 0 bridgehead atoms. The smallest absolute Gasteiger partial charge is 0.123 e. The average Bonchev–Trinajstić information content (AvgIpc) is 3.14. The molecule has 1 saturated carbocycles. The number of hydrogen-bond donors (Lipinski definition) is 1. The maximum atomic E-state index is 5.98. The second kappa shape index (κ2) is 5.72. The van der Waals surface area contributed by atoms with Crippen LogP contribution in [0.1, 0.15) is 30.0 Å². The molecule has 0 radical (unpaired) electrons. The Hall–Kier alpha value is -1.06.